The van der Waals surface area contributed by atoms with E-state index >= 15 is 0 Å². The molecule has 0 aliphatic carbocycles. The van der Waals surface area contributed by atoms with E-state index in [9.17, 15) is 4.79 Å². The van der Waals surface area contributed by atoms with Gasteiger partial charge in [-0.1, -0.05) is 17.7 Å². The number of rotatable bonds is 3. The maximum Gasteiger partial charge on any atom is 0.256 e. The SMILES string of the molecule is Cc1ccc(C(=O)Nc2cc(C)nn2C(C)C)cc1. The Morgan fingerprint density at radius 3 is 2.42 bits per heavy atom. The minimum atomic E-state index is -0.109. The van der Waals surface area contributed by atoms with Gasteiger partial charge in [0.05, 0.1) is 5.69 Å². The second kappa shape index (κ2) is 5.26. The topological polar surface area (TPSA) is 46.9 Å². The molecular weight excluding hydrogens is 238 g/mol. The lowest BCUT2D eigenvalue weighted by Gasteiger charge is -2.11. The van der Waals surface area contributed by atoms with Gasteiger partial charge in [-0.05, 0) is 39.8 Å². The van der Waals surface area contributed by atoms with Crippen LogP contribution >= 0.6 is 0 Å². The molecule has 19 heavy (non-hydrogen) atoms. The van der Waals surface area contributed by atoms with Gasteiger partial charge in [-0.2, -0.15) is 5.10 Å². The normalized spacial score (nSPS) is 10.8. The van der Waals surface area contributed by atoms with Crippen LogP contribution in [0.15, 0.2) is 30.3 Å². The van der Waals surface area contributed by atoms with E-state index in [4.69, 9.17) is 0 Å². The van der Waals surface area contributed by atoms with Crippen molar-refractivity contribution in [2.45, 2.75) is 33.7 Å². The Morgan fingerprint density at radius 2 is 1.84 bits per heavy atom. The number of benzene rings is 1. The third-order valence-electron chi connectivity index (χ3n) is 2.90. The van der Waals surface area contributed by atoms with E-state index in [1.807, 2.05) is 62.7 Å². The first-order chi connectivity index (χ1) is 8.97. The highest BCUT2D eigenvalue weighted by atomic mass is 16.1. The summed E-state index contributed by atoms with van der Waals surface area (Å²) in [5, 5.41) is 7.28. The second-order valence-electron chi connectivity index (χ2n) is 5.03. The van der Waals surface area contributed by atoms with Gasteiger partial charge in [-0.3, -0.25) is 4.79 Å². The zero-order valence-corrected chi connectivity index (χ0v) is 11.8. The van der Waals surface area contributed by atoms with Crippen molar-refractivity contribution in [2.24, 2.45) is 0 Å². The van der Waals surface area contributed by atoms with Crippen LogP contribution < -0.4 is 5.32 Å². The van der Waals surface area contributed by atoms with Crippen LogP contribution in [0.2, 0.25) is 0 Å². The average Bonchev–Trinajstić information content (AvgIpc) is 2.71. The van der Waals surface area contributed by atoms with E-state index < -0.39 is 0 Å². The molecule has 4 nitrogen and oxygen atoms in total. The average molecular weight is 257 g/mol. The molecule has 0 radical (unpaired) electrons. The van der Waals surface area contributed by atoms with E-state index in [0.717, 1.165) is 17.1 Å². The minimum Gasteiger partial charge on any atom is -0.307 e. The zero-order valence-electron chi connectivity index (χ0n) is 11.8. The summed E-state index contributed by atoms with van der Waals surface area (Å²) in [5.74, 6) is 0.625. The predicted octanol–water partition coefficient (Wildman–Crippen LogP) is 3.33. The fraction of sp³-hybridized carbons (Fsp3) is 0.333. The number of anilines is 1. The highest BCUT2D eigenvalue weighted by Gasteiger charge is 2.12. The quantitative estimate of drug-likeness (QED) is 0.916. The Morgan fingerprint density at radius 1 is 1.21 bits per heavy atom. The van der Waals surface area contributed by atoms with Gasteiger partial charge < -0.3 is 5.32 Å². The van der Waals surface area contributed by atoms with Crippen LogP contribution in [0.1, 0.15) is 41.5 Å². The molecule has 0 bridgehead atoms. The van der Waals surface area contributed by atoms with Crippen molar-refractivity contribution in [3.63, 3.8) is 0 Å². The zero-order chi connectivity index (χ0) is 14.0. The summed E-state index contributed by atoms with van der Waals surface area (Å²) in [4.78, 5) is 12.2. The Hall–Kier alpha value is -2.10. The monoisotopic (exact) mass is 257 g/mol. The number of carbonyl (C=O) groups excluding carboxylic acids is 1. The van der Waals surface area contributed by atoms with Gasteiger partial charge in [0, 0.05) is 17.7 Å². The summed E-state index contributed by atoms with van der Waals surface area (Å²) < 4.78 is 1.82. The number of hydrogen-bond acceptors (Lipinski definition) is 2. The van der Waals surface area contributed by atoms with E-state index in [1.165, 1.54) is 0 Å². The molecule has 4 heteroatoms. The Kier molecular flexibility index (Phi) is 3.69. The van der Waals surface area contributed by atoms with Crippen molar-refractivity contribution in [2.75, 3.05) is 5.32 Å². The van der Waals surface area contributed by atoms with E-state index in [0.29, 0.717) is 5.56 Å². The number of nitrogens with zero attached hydrogens (tertiary/aromatic N) is 2. The van der Waals surface area contributed by atoms with Crippen molar-refractivity contribution in [1.29, 1.82) is 0 Å². The molecule has 0 fully saturated rings. The Labute approximate surface area is 113 Å². The second-order valence-corrected chi connectivity index (χ2v) is 5.03. The lowest BCUT2D eigenvalue weighted by molar-refractivity contribution is 0.102. The Balaban J connectivity index is 2.21. The van der Waals surface area contributed by atoms with Crippen molar-refractivity contribution in [1.82, 2.24) is 9.78 Å². The third-order valence-corrected chi connectivity index (χ3v) is 2.90. The van der Waals surface area contributed by atoms with E-state index in [-0.39, 0.29) is 11.9 Å². The van der Waals surface area contributed by atoms with Crippen molar-refractivity contribution in [3.8, 4) is 0 Å². The lowest BCUT2D eigenvalue weighted by atomic mass is 10.1. The first-order valence-electron chi connectivity index (χ1n) is 6.41. The smallest absolute Gasteiger partial charge is 0.256 e. The molecule has 0 aliphatic rings. The number of hydrogen-bond donors (Lipinski definition) is 1. The molecule has 2 aromatic rings. The Bertz CT molecular complexity index is 582. The molecule has 0 aliphatic heterocycles. The molecule has 1 amide bonds. The molecule has 0 saturated heterocycles. The lowest BCUT2D eigenvalue weighted by Crippen LogP contribution is -2.16. The summed E-state index contributed by atoms with van der Waals surface area (Å²) in [5.41, 5.74) is 2.69. The first-order valence-corrected chi connectivity index (χ1v) is 6.41. The van der Waals surface area contributed by atoms with Crippen molar-refractivity contribution < 1.29 is 4.79 Å². The molecule has 1 aromatic carbocycles. The van der Waals surface area contributed by atoms with Gasteiger partial charge in [0.1, 0.15) is 5.82 Å². The van der Waals surface area contributed by atoms with Gasteiger partial charge in [0.15, 0.2) is 0 Å². The number of carbonyl (C=O) groups is 1. The summed E-state index contributed by atoms with van der Waals surface area (Å²) in [6, 6.07) is 9.61. The highest BCUT2D eigenvalue weighted by Crippen LogP contribution is 2.17. The fourth-order valence-electron chi connectivity index (χ4n) is 1.90. The largest absolute Gasteiger partial charge is 0.307 e. The maximum atomic E-state index is 12.2. The van der Waals surface area contributed by atoms with Crippen molar-refractivity contribution >= 4 is 11.7 Å². The summed E-state index contributed by atoms with van der Waals surface area (Å²) in [6.45, 7) is 7.99. The fourth-order valence-corrected chi connectivity index (χ4v) is 1.90. The van der Waals surface area contributed by atoms with E-state index in [1.54, 1.807) is 0 Å². The molecule has 2 rings (SSSR count). The molecule has 0 saturated carbocycles. The predicted molar refractivity (Wildman–Crippen MR) is 76.5 cm³/mol. The molecular formula is C15H19N3O. The third kappa shape index (κ3) is 3.02. The van der Waals surface area contributed by atoms with Crippen LogP contribution in [0.25, 0.3) is 0 Å². The van der Waals surface area contributed by atoms with Gasteiger partial charge >= 0.3 is 0 Å². The number of amides is 1. The number of nitrogens with one attached hydrogen (secondary N) is 1. The van der Waals surface area contributed by atoms with Crippen LogP contribution in [0.3, 0.4) is 0 Å². The highest BCUT2D eigenvalue weighted by molar-refractivity contribution is 6.03. The van der Waals surface area contributed by atoms with Gasteiger partial charge in [0.25, 0.3) is 5.91 Å². The minimum absolute atomic E-state index is 0.109. The summed E-state index contributed by atoms with van der Waals surface area (Å²) >= 11 is 0. The van der Waals surface area contributed by atoms with Gasteiger partial charge in [0.2, 0.25) is 0 Å². The molecule has 1 N–H and O–H groups in total. The van der Waals surface area contributed by atoms with Crippen LogP contribution in [0, 0.1) is 13.8 Å². The van der Waals surface area contributed by atoms with Gasteiger partial charge in [-0.15, -0.1) is 0 Å². The molecule has 0 spiro atoms. The maximum absolute atomic E-state index is 12.2. The van der Waals surface area contributed by atoms with Crippen LogP contribution in [-0.4, -0.2) is 15.7 Å². The number of aryl methyl sites for hydroxylation is 2. The molecule has 1 heterocycles. The summed E-state index contributed by atoms with van der Waals surface area (Å²) in [6.07, 6.45) is 0. The number of aromatic nitrogens is 2. The molecule has 0 atom stereocenters. The van der Waals surface area contributed by atoms with Gasteiger partial charge in [-0.25, -0.2) is 4.68 Å². The standard InChI is InChI=1S/C15H19N3O/c1-10(2)18-14(9-12(4)17-18)16-15(19)13-7-5-11(3)6-8-13/h5-10H,1-4H3,(H,16,19). The summed E-state index contributed by atoms with van der Waals surface area (Å²) in [7, 11) is 0. The molecule has 0 unspecified atom stereocenters. The molecule has 1 aromatic heterocycles. The van der Waals surface area contributed by atoms with Crippen LogP contribution in [0.5, 0.6) is 0 Å². The van der Waals surface area contributed by atoms with Crippen molar-refractivity contribution in [3.05, 3.63) is 47.2 Å². The van der Waals surface area contributed by atoms with Crippen LogP contribution in [0.4, 0.5) is 5.82 Å². The van der Waals surface area contributed by atoms with Crippen LogP contribution in [-0.2, 0) is 0 Å². The first kappa shape index (κ1) is 13.3. The van der Waals surface area contributed by atoms with E-state index in [2.05, 4.69) is 10.4 Å². The molecule has 100 valence electrons.